The van der Waals surface area contributed by atoms with Crippen LogP contribution in [0.4, 0.5) is 5.69 Å². The number of halogens is 1. The van der Waals surface area contributed by atoms with Gasteiger partial charge in [0.2, 0.25) is 0 Å². The second-order valence-electron chi connectivity index (χ2n) is 4.48. The number of hydrogen-bond acceptors (Lipinski definition) is 2. The van der Waals surface area contributed by atoms with Crippen LogP contribution in [-0.4, -0.2) is 13.0 Å². The summed E-state index contributed by atoms with van der Waals surface area (Å²) in [7, 11) is 1.63. The van der Waals surface area contributed by atoms with Crippen molar-refractivity contribution in [2.75, 3.05) is 12.4 Å². The van der Waals surface area contributed by atoms with Gasteiger partial charge in [0.1, 0.15) is 0 Å². The van der Waals surface area contributed by atoms with Gasteiger partial charge in [0.15, 0.2) is 0 Å². The summed E-state index contributed by atoms with van der Waals surface area (Å²) < 4.78 is 5.96. The monoisotopic (exact) mass is 333 g/mol. The predicted octanol–water partition coefficient (Wildman–Crippen LogP) is 4.16. The fourth-order valence-electron chi connectivity index (χ4n) is 1.94. The van der Waals surface area contributed by atoms with Gasteiger partial charge in [-0.3, -0.25) is 4.79 Å². The van der Waals surface area contributed by atoms with Crippen LogP contribution in [0.25, 0.3) is 0 Å². The molecule has 20 heavy (non-hydrogen) atoms. The van der Waals surface area contributed by atoms with Gasteiger partial charge in [0.05, 0.1) is 12.2 Å². The van der Waals surface area contributed by atoms with Crippen LogP contribution in [-0.2, 0) is 11.3 Å². The van der Waals surface area contributed by atoms with Crippen molar-refractivity contribution >= 4 is 27.5 Å². The molecule has 0 heterocycles. The Balaban J connectivity index is 2.26. The van der Waals surface area contributed by atoms with Crippen LogP contribution < -0.4 is 5.32 Å². The quantitative estimate of drug-likeness (QED) is 0.912. The van der Waals surface area contributed by atoms with E-state index in [1.165, 1.54) is 0 Å². The van der Waals surface area contributed by atoms with E-state index in [1.807, 2.05) is 43.3 Å². The molecule has 1 N–H and O–H groups in total. The van der Waals surface area contributed by atoms with E-state index in [0.29, 0.717) is 12.2 Å². The van der Waals surface area contributed by atoms with Crippen LogP contribution in [0.1, 0.15) is 21.5 Å². The number of methoxy groups -OCH3 is 1. The van der Waals surface area contributed by atoms with Gasteiger partial charge in [-0.15, -0.1) is 0 Å². The van der Waals surface area contributed by atoms with E-state index in [0.717, 1.165) is 21.3 Å². The first kappa shape index (κ1) is 14.8. The van der Waals surface area contributed by atoms with Crippen molar-refractivity contribution in [3.05, 3.63) is 63.6 Å². The summed E-state index contributed by atoms with van der Waals surface area (Å²) in [6.45, 7) is 2.42. The minimum absolute atomic E-state index is 0.135. The van der Waals surface area contributed by atoms with E-state index in [2.05, 4.69) is 21.2 Å². The molecule has 0 saturated heterocycles. The average Bonchev–Trinajstić information content (AvgIpc) is 2.44. The number of para-hydroxylation sites is 1. The van der Waals surface area contributed by atoms with Crippen molar-refractivity contribution in [2.24, 2.45) is 0 Å². The first-order valence-electron chi connectivity index (χ1n) is 6.26. The number of benzene rings is 2. The van der Waals surface area contributed by atoms with Gasteiger partial charge in [-0.1, -0.05) is 30.3 Å². The van der Waals surface area contributed by atoms with Gasteiger partial charge in [-0.2, -0.15) is 0 Å². The molecule has 0 atom stereocenters. The smallest absolute Gasteiger partial charge is 0.256 e. The molecule has 0 saturated carbocycles. The van der Waals surface area contributed by atoms with Gasteiger partial charge in [0, 0.05) is 22.8 Å². The average molecular weight is 334 g/mol. The van der Waals surface area contributed by atoms with Crippen LogP contribution in [0, 0.1) is 6.92 Å². The van der Waals surface area contributed by atoms with Gasteiger partial charge in [-0.05, 0) is 40.5 Å². The number of aryl methyl sites for hydroxylation is 1. The molecule has 0 aliphatic carbocycles. The maximum atomic E-state index is 12.4. The summed E-state index contributed by atoms with van der Waals surface area (Å²) in [5.74, 6) is -0.135. The Kier molecular flexibility index (Phi) is 4.93. The lowest BCUT2D eigenvalue weighted by atomic mass is 10.1. The Hall–Kier alpha value is -1.65. The lowest BCUT2D eigenvalue weighted by Crippen LogP contribution is -2.14. The van der Waals surface area contributed by atoms with Crippen LogP contribution in [0.15, 0.2) is 46.9 Å². The number of anilines is 1. The Bertz CT molecular complexity index is 626. The molecule has 0 aromatic heterocycles. The molecular formula is C16H16BrNO2. The van der Waals surface area contributed by atoms with Crippen molar-refractivity contribution in [1.29, 1.82) is 0 Å². The first-order chi connectivity index (χ1) is 9.63. The molecule has 1 amide bonds. The number of nitrogens with one attached hydrogen (secondary N) is 1. The van der Waals surface area contributed by atoms with Crippen LogP contribution >= 0.6 is 15.9 Å². The highest BCUT2D eigenvalue weighted by atomic mass is 79.9. The first-order valence-corrected chi connectivity index (χ1v) is 7.06. The summed E-state index contributed by atoms with van der Waals surface area (Å²) in [4.78, 5) is 12.4. The zero-order valence-electron chi connectivity index (χ0n) is 11.4. The molecular weight excluding hydrogens is 318 g/mol. The van der Waals surface area contributed by atoms with Gasteiger partial charge < -0.3 is 10.1 Å². The maximum Gasteiger partial charge on any atom is 0.256 e. The Morgan fingerprint density at radius 3 is 2.70 bits per heavy atom. The van der Waals surface area contributed by atoms with Crippen molar-refractivity contribution in [1.82, 2.24) is 0 Å². The fraction of sp³-hybridized carbons (Fsp3) is 0.188. The standard InChI is InChI=1S/C16H16BrNO2/c1-11-6-5-8-13(15(11)17)16(19)18-14-9-4-3-7-12(14)10-20-2/h3-9H,10H2,1-2H3,(H,18,19). The number of ether oxygens (including phenoxy) is 1. The molecule has 0 radical (unpaired) electrons. The third-order valence-electron chi connectivity index (χ3n) is 3.00. The zero-order chi connectivity index (χ0) is 14.5. The van der Waals surface area contributed by atoms with Gasteiger partial charge in [0.25, 0.3) is 5.91 Å². The van der Waals surface area contributed by atoms with E-state index in [9.17, 15) is 4.79 Å². The topological polar surface area (TPSA) is 38.3 Å². The Morgan fingerprint density at radius 2 is 1.95 bits per heavy atom. The van der Waals surface area contributed by atoms with Crippen LogP contribution in [0.3, 0.4) is 0 Å². The van der Waals surface area contributed by atoms with E-state index in [4.69, 9.17) is 4.74 Å². The summed E-state index contributed by atoms with van der Waals surface area (Å²) >= 11 is 3.46. The highest BCUT2D eigenvalue weighted by Crippen LogP contribution is 2.23. The molecule has 4 heteroatoms. The minimum atomic E-state index is -0.135. The molecule has 2 rings (SSSR count). The fourth-order valence-corrected chi connectivity index (χ4v) is 2.38. The minimum Gasteiger partial charge on any atom is -0.380 e. The molecule has 104 valence electrons. The number of carbonyl (C=O) groups excluding carboxylic acids is 1. The third kappa shape index (κ3) is 3.26. The number of carbonyl (C=O) groups is 1. The highest BCUT2D eigenvalue weighted by Gasteiger charge is 2.12. The normalized spacial score (nSPS) is 10.3. The molecule has 2 aromatic carbocycles. The summed E-state index contributed by atoms with van der Waals surface area (Å²) in [5.41, 5.74) is 3.37. The molecule has 0 spiro atoms. The molecule has 0 unspecified atom stereocenters. The molecule has 3 nitrogen and oxygen atoms in total. The predicted molar refractivity (Wildman–Crippen MR) is 84.0 cm³/mol. The summed E-state index contributed by atoms with van der Waals surface area (Å²) in [6, 6.07) is 13.2. The van der Waals surface area contributed by atoms with Crippen molar-refractivity contribution in [3.8, 4) is 0 Å². The number of amides is 1. The van der Waals surface area contributed by atoms with Crippen LogP contribution in [0.5, 0.6) is 0 Å². The van der Waals surface area contributed by atoms with Crippen molar-refractivity contribution in [3.63, 3.8) is 0 Å². The molecule has 0 fully saturated rings. The zero-order valence-corrected chi connectivity index (χ0v) is 13.0. The lowest BCUT2D eigenvalue weighted by molar-refractivity contribution is 0.102. The summed E-state index contributed by atoms with van der Waals surface area (Å²) in [6.07, 6.45) is 0. The van der Waals surface area contributed by atoms with Crippen molar-refractivity contribution < 1.29 is 9.53 Å². The second kappa shape index (κ2) is 6.68. The largest absolute Gasteiger partial charge is 0.380 e. The van der Waals surface area contributed by atoms with E-state index in [1.54, 1.807) is 13.2 Å². The number of rotatable bonds is 4. The molecule has 0 aliphatic heterocycles. The Morgan fingerprint density at radius 1 is 1.20 bits per heavy atom. The van der Waals surface area contributed by atoms with E-state index >= 15 is 0 Å². The van der Waals surface area contributed by atoms with E-state index < -0.39 is 0 Å². The summed E-state index contributed by atoms with van der Waals surface area (Å²) in [5, 5.41) is 2.93. The lowest BCUT2D eigenvalue weighted by Gasteiger charge is -2.12. The SMILES string of the molecule is COCc1ccccc1NC(=O)c1cccc(C)c1Br. The Labute approximate surface area is 127 Å². The second-order valence-corrected chi connectivity index (χ2v) is 5.27. The molecule has 0 aliphatic rings. The van der Waals surface area contributed by atoms with Crippen molar-refractivity contribution in [2.45, 2.75) is 13.5 Å². The molecule has 0 bridgehead atoms. The number of hydrogen-bond donors (Lipinski definition) is 1. The maximum absolute atomic E-state index is 12.4. The highest BCUT2D eigenvalue weighted by molar-refractivity contribution is 9.10. The molecule has 2 aromatic rings. The van der Waals surface area contributed by atoms with Crippen LogP contribution in [0.2, 0.25) is 0 Å². The third-order valence-corrected chi connectivity index (χ3v) is 4.05. The van der Waals surface area contributed by atoms with E-state index in [-0.39, 0.29) is 5.91 Å². The van der Waals surface area contributed by atoms with Gasteiger partial charge >= 0.3 is 0 Å². The van der Waals surface area contributed by atoms with Gasteiger partial charge in [-0.25, -0.2) is 0 Å².